The molecule has 1 aromatic carbocycles. The molecular formula is C19H24N4O2. The van der Waals surface area contributed by atoms with Gasteiger partial charge in [0.15, 0.2) is 0 Å². The molecule has 0 radical (unpaired) electrons. The third kappa shape index (κ3) is 3.31. The van der Waals surface area contributed by atoms with Crippen LogP contribution in [0.25, 0.3) is 10.9 Å². The van der Waals surface area contributed by atoms with Crippen molar-refractivity contribution in [1.82, 2.24) is 14.9 Å². The molecule has 2 saturated heterocycles. The van der Waals surface area contributed by atoms with Gasteiger partial charge in [0.1, 0.15) is 12.1 Å². The van der Waals surface area contributed by atoms with Crippen molar-refractivity contribution in [2.75, 3.05) is 44.3 Å². The van der Waals surface area contributed by atoms with Crippen molar-refractivity contribution >= 4 is 22.6 Å². The molecule has 0 saturated carbocycles. The fourth-order valence-corrected chi connectivity index (χ4v) is 3.76. The molecule has 0 aliphatic carbocycles. The van der Waals surface area contributed by atoms with Crippen molar-refractivity contribution in [3.8, 4) is 0 Å². The van der Waals surface area contributed by atoms with E-state index < -0.39 is 0 Å². The fraction of sp³-hybridized carbons (Fsp3) is 0.526. The number of ether oxygens (including phenoxy) is 1. The van der Waals surface area contributed by atoms with Crippen LogP contribution in [0.5, 0.6) is 0 Å². The Morgan fingerprint density at radius 3 is 2.84 bits per heavy atom. The summed E-state index contributed by atoms with van der Waals surface area (Å²) in [5.74, 6) is 1.59. The number of piperidine rings is 1. The number of nitrogens with zero attached hydrogens (tertiary/aromatic N) is 4. The number of rotatable bonds is 2. The van der Waals surface area contributed by atoms with E-state index in [0.29, 0.717) is 19.1 Å². The largest absolute Gasteiger partial charge is 0.378 e. The number of carbonyl (C=O) groups excluding carboxylic acids is 1. The summed E-state index contributed by atoms with van der Waals surface area (Å²) >= 11 is 0. The fourth-order valence-electron chi connectivity index (χ4n) is 3.76. The molecule has 0 unspecified atom stereocenters. The lowest BCUT2D eigenvalue weighted by Crippen LogP contribution is -2.39. The smallest absolute Gasteiger partial charge is 0.253 e. The number of carbonyl (C=O) groups is 1. The SMILES string of the molecule is C[C@H]1CCCN(C(=O)c2ccc3ncnc(N4CCOCC4)c3c2)C1. The zero-order chi connectivity index (χ0) is 17.2. The highest BCUT2D eigenvalue weighted by atomic mass is 16.5. The molecule has 0 N–H and O–H groups in total. The Bertz CT molecular complexity index is 773. The van der Waals surface area contributed by atoms with Gasteiger partial charge in [-0.05, 0) is 37.0 Å². The Morgan fingerprint density at radius 1 is 1.20 bits per heavy atom. The van der Waals surface area contributed by atoms with E-state index in [1.165, 1.54) is 6.42 Å². The van der Waals surface area contributed by atoms with E-state index in [2.05, 4.69) is 21.8 Å². The number of hydrogen-bond donors (Lipinski definition) is 0. The lowest BCUT2D eigenvalue weighted by molar-refractivity contribution is 0.0683. The monoisotopic (exact) mass is 340 g/mol. The van der Waals surface area contributed by atoms with Gasteiger partial charge >= 0.3 is 0 Å². The number of hydrogen-bond acceptors (Lipinski definition) is 5. The minimum atomic E-state index is 0.116. The molecule has 132 valence electrons. The summed E-state index contributed by atoms with van der Waals surface area (Å²) in [5.41, 5.74) is 1.60. The minimum absolute atomic E-state index is 0.116. The molecule has 2 aromatic rings. The second-order valence-electron chi connectivity index (χ2n) is 7.03. The van der Waals surface area contributed by atoms with Gasteiger partial charge in [0.25, 0.3) is 5.91 Å². The van der Waals surface area contributed by atoms with Gasteiger partial charge in [-0.2, -0.15) is 0 Å². The van der Waals surface area contributed by atoms with Crippen molar-refractivity contribution in [2.24, 2.45) is 5.92 Å². The minimum Gasteiger partial charge on any atom is -0.378 e. The quantitative estimate of drug-likeness (QED) is 0.840. The van der Waals surface area contributed by atoms with Crippen molar-refractivity contribution in [3.63, 3.8) is 0 Å². The standard InChI is InChI=1S/C19H24N4O2/c1-14-3-2-6-23(12-14)19(24)15-4-5-17-16(11-15)18(21-13-20-17)22-7-9-25-10-8-22/h4-5,11,13-14H,2-3,6-10,12H2,1H3/t14-/m0/s1. The van der Waals surface area contributed by atoms with E-state index in [4.69, 9.17) is 4.74 Å². The van der Waals surface area contributed by atoms with Crippen molar-refractivity contribution in [1.29, 1.82) is 0 Å². The number of amides is 1. The van der Waals surface area contributed by atoms with E-state index in [0.717, 1.165) is 54.9 Å². The predicted octanol–water partition coefficient (Wildman–Crippen LogP) is 2.34. The molecule has 1 atom stereocenters. The molecule has 6 heteroatoms. The van der Waals surface area contributed by atoms with E-state index in [9.17, 15) is 4.79 Å². The summed E-state index contributed by atoms with van der Waals surface area (Å²) in [5, 5.41) is 0.945. The van der Waals surface area contributed by atoms with Crippen LogP contribution in [0.2, 0.25) is 0 Å². The highest BCUT2D eigenvalue weighted by molar-refractivity contribution is 6.00. The van der Waals surface area contributed by atoms with Crippen LogP contribution in [-0.4, -0.2) is 60.2 Å². The predicted molar refractivity (Wildman–Crippen MR) is 96.9 cm³/mol. The number of anilines is 1. The maximum atomic E-state index is 12.9. The molecule has 4 rings (SSSR count). The molecule has 6 nitrogen and oxygen atoms in total. The van der Waals surface area contributed by atoms with Crippen molar-refractivity contribution < 1.29 is 9.53 Å². The lowest BCUT2D eigenvalue weighted by Gasteiger charge is -2.31. The molecule has 0 bridgehead atoms. The van der Waals surface area contributed by atoms with Gasteiger partial charge in [-0.25, -0.2) is 9.97 Å². The zero-order valence-corrected chi connectivity index (χ0v) is 14.6. The molecule has 2 aliphatic rings. The van der Waals surface area contributed by atoms with Crippen LogP contribution in [0.3, 0.4) is 0 Å². The number of morpholine rings is 1. The Morgan fingerprint density at radius 2 is 2.04 bits per heavy atom. The van der Waals surface area contributed by atoms with Crippen molar-refractivity contribution in [2.45, 2.75) is 19.8 Å². The summed E-state index contributed by atoms with van der Waals surface area (Å²) in [4.78, 5) is 26.0. The Labute approximate surface area is 147 Å². The van der Waals surface area contributed by atoms with Crippen LogP contribution in [0.15, 0.2) is 24.5 Å². The van der Waals surface area contributed by atoms with Crippen LogP contribution in [-0.2, 0) is 4.74 Å². The molecule has 2 aliphatic heterocycles. The van der Waals surface area contributed by atoms with Gasteiger partial charge in [0.2, 0.25) is 0 Å². The van der Waals surface area contributed by atoms with Gasteiger partial charge < -0.3 is 14.5 Å². The van der Waals surface area contributed by atoms with Crippen LogP contribution in [0.4, 0.5) is 5.82 Å². The highest BCUT2D eigenvalue weighted by Gasteiger charge is 2.23. The normalized spacial score (nSPS) is 21.6. The van der Waals surface area contributed by atoms with Crippen LogP contribution in [0, 0.1) is 5.92 Å². The van der Waals surface area contributed by atoms with Gasteiger partial charge in [0.05, 0.1) is 18.7 Å². The molecule has 1 aromatic heterocycles. The first-order valence-electron chi connectivity index (χ1n) is 9.09. The second kappa shape index (κ2) is 6.96. The number of fused-ring (bicyclic) bond motifs is 1. The van der Waals surface area contributed by atoms with E-state index in [1.807, 2.05) is 23.1 Å². The first-order valence-corrected chi connectivity index (χ1v) is 9.09. The number of benzene rings is 1. The topological polar surface area (TPSA) is 58.6 Å². The molecular weight excluding hydrogens is 316 g/mol. The maximum absolute atomic E-state index is 12.9. The van der Waals surface area contributed by atoms with Crippen LogP contribution >= 0.6 is 0 Å². The number of likely N-dealkylation sites (tertiary alicyclic amines) is 1. The molecule has 1 amide bonds. The summed E-state index contributed by atoms with van der Waals surface area (Å²) in [6.45, 7) is 6.94. The van der Waals surface area contributed by atoms with Gasteiger partial charge in [-0.3, -0.25) is 4.79 Å². The molecule has 3 heterocycles. The molecule has 25 heavy (non-hydrogen) atoms. The highest BCUT2D eigenvalue weighted by Crippen LogP contribution is 2.26. The maximum Gasteiger partial charge on any atom is 0.253 e. The lowest BCUT2D eigenvalue weighted by atomic mass is 9.99. The van der Waals surface area contributed by atoms with E-state index in [-0.39, 0.29) is 5.91 Å². The summed E-state index contributed by atoms with van der Waals surface area (Å²) in [7, 11) is 0. The van der Waals surface area contributed by atoms with Gasteiger partial charge in [0, 0.05) is 37.1 Å². The third-order valence-electron chi connectivity index (χ3n) is 5.12. The first-order chi connectivity index (χ1) is 12.2. The van der Waals surface area contributed by atoms with Gasteiger partial charge in [-0.15, -0.1) is 0 Å². The Hall–Kier alpha value is -2.21. The molecule has 2 fully saturated rings. The van der Waals surface area contributed by atoms with E-state index in [1.54, 1.807) is 6.33 Å². The summed E-state index contributed by atoms with van der Waals surface area (Å²) in [6.07, 6.45) is 3.89. The first kappa shape index (κ1) is 16.3. The average molecular weight is 340 g/mol. The summed E-state index contributed by atoms with van der Waals surface area (Å²) < 4.78 is 5.44. The van der Waals surface area contributed by atoms with Crippen molar-refractivity contribution in [3.05, 3.63) is 30.1 Å². The summed E-state index contributed by atoms with van der Waals surface area (Å²) in [6, 6.07) is 5.78. The zero-order valence-electron chi connectivity index (χ0n) is 14.6. The Balaban J connectivity index is 1.67. The van der Waals surface area contributed by atoms with Gasteiger partial charge in [-0.1, -0.05) is 6.92 Å². The van der Waals surface area contributed by atoms with Crippen LogP contribution < -0.4 is 4.90 Å². The number of aromatic nitrogens is 2. The average Bonchev–Trinajstić information content (AvgIpc) is 2.67. The second-order valence-corrected chi connectivity index (χ2v) is 7.03. The van der Waals surface area contributed by atoms with Crippen LogP contribution in [0.1, 0.15) is 30.1 Å². The van der Waals surface area contributed by atoms with E-state index >= 15 is 0 Å². The Kier molecular flexibility index (Phi) is 4.53. The molecule has 0 spiro atoms. The third-order valence-corrected chi connectivity index (χ3v) is 5.12.